The Morgan fingerprint density at radius 2 is 2.22 bits per heavy atom. The minimum atomic E-state index is 0.0499. The predicted octanol–water partition coefficient (Wildman–Crippen LogP) is 3.18. The molecule has 0 aliphatic carbocycles. The number of aromatic nitrogens is 1. The summed E-state index contributed by atoms with van der Waals surface area (Å²) >= 11 is 0. The highest BCUT2D eigenvalue weighted by molar-refractivity contribution is 5.77. The second-order valence-corrected chi connectivity index (χ2v) is 6.24. The van der Waals surface area contributed by atoms with Gasteiger partial charge in [0.1, 0.15) is 0 Å². The van der Waals surface area contributed by atoms with Crippen LogP contribution in [0.15, 0.2) is 24.4 Å². The molecule has 18 heavy (non-hydrogen) atoms. The highest BCUT2D eigenvalue weighted by Crippen LogP contribution is 2.32. The first-order chi connectivity index (χ1) is 8.47. The van der Waals surface area contributed by atoms with E-state index in [9.17, 15) is 4.79 Å². The summed E-state index contributed by atoms with van der Waals surface area (Å²) in [6, 6.07) is 6.11. The van der Waals surface area contributed by atoms with E-state index in [0.717, 1.165) is 25.1 Å². The summed E-state index contributed by atoms with van der Waals surface area (Å²) in [4.78, 5) is 18.7. The molecule has 3 nitrogen and oxygen atoms in total. The molecule has 1 aliphatic rings. The van der Waals surface area contributed by atoms with Gasteiger partial charge >= 0.3 is 0 Å². The number of hydrogen-bond donors (Lipinski definition) is 0. The molecule has 3 heteroatoms. The molecule has 1 aliphatic heterocycles. The summed E-state index contributed by atoms with van der Waals surface area (Å²) in [5.74, 6) is 0.260. The van der Waals surface area contributed by atoms with E-state index in [1.807, 2.05) is 23.1 Å². The average molecular weight is 246 g/mol. The molecule has 1 amide bonds. The van der Waals surface area contributed by atoms with Gasteiger partial charge in [-0.1, -0.05) is 26.8 Å². The molecule has 1 saturated heterocycles. The first-order valence-electron chi connectivity index (χ1n) is 6.68. The van der Waals surface area contributed by atoms with Gasteiger partial charge in [-0.3, -0.25) is 9.78 Å². The van der Waals surface area contributed by atoms with E-state index in [1.165, 1.54) is 0 Å². The van der Waals surface area contributed by atoms with Gasteiger partial charge in [0.2, 0.25) is 5.91 Å². The normalized spacial score (nSPS) is 20.2. The van der Waals surface area contributed by atoms with Crippen LogP contribution in [0.3, 0.4) is 0 Å². The monoisotopic (exact) mass is 246 g/mol. The van der Waals surface area contributed by atoms with Gasteiger partial charge in [-0.05, 0) is 30.4 Å². The maximum Gasteiger partial charge on any atom is 0.223 e. The third kappa shape index (κ3) is 3.09. The SMILES string of the molecule is CC(C)(C)CC(=O)N1CCC[C@H]1c1ccccn1. The molecule has 1 atom stereocenters. The molecule has 1 aromatic rings. The second kappa shape index (κ2) is 5.09. The third-order valence-corrected chi connectivity index (χ3v) is 3.28. The molecule has 1 fully saturated rings. The lowest BCUT2D eigenvalue weighted by molar-refractivity contribution is -0.134. The third-order valence-electron chi connectivity index (χ3n) is 3.28. The standard InChI is InChI=1S/C15H22N2O/c1-15(2,3)11-14(18)17-10-6-8-13(17)12-7-4-5-9-16-12/h4-5,7,9,13H,6,8,10-11H2,1-3H3/t13-/m0/s1. The van der Waals surface area contributed by atoms with Crippen molar-refractivity contribution in [3.05, 3.63) is 30.1 Å². The first kappa shape index (κ1) is 13.1. The summed E-state index contributed by atoms with van der Waals surface area (Å²) in [5.41, 5.74) is 1.08. The second-order valence-electron chi connectivity index (χ2n) is 6.24. The molecule has 0 saturated carbocycles. The van der Waals surface area contributed by atoms with Crippen LogP contribution in [0.4, 0.5) is 0 Å². The van der Waals surface area contributed by atoms with Crippen LogP contribution in [0.1, 0.15) is 51.8 Å². The summed E-state index contributed by atoms with van der Waals surface area (Å²) in [5, 5.41) is 0. The van der Waals surface area contributed by atoms with Crippen LogP contribution in [0.25, 0.3) is 0 Å². The van der Waals surface area contributed by atoms with E-state index in [0.29, 0.717) is 6.42 Å². The fourth-order valence-corrected chi connectivity index (χ4v) is 2.50. The van der Waals surface area contributed by atoms with Crippen molar-refractivity contribution < 1.29 is 4.79 Å². The molecule has 0 bridgehead atoms. The Labute approximate surface area is 109 Å². The van der Waals surface area contributed by atoms with Gasteiger partial charge < -0.3 is 4.90 Å². The number of carbonyl (C=O) groups excluding carboxylic acids is 1. The average Bonchev–Trinajstić information content (AvgIpc) is 2.76. The van der Waals surface area contributed by atoms with E-state index in [1.54, 1.807) is 6.20 Å². The Kier molecular flexibility index (Phi) is 3.69. The smallest absolute Gasteiger partial charge is 0.223 e. The van der Waals surface area contributed by atoms with Gasteiger partial charge in [-0.15, -0.1) is 0 Å². The molecule has 0 unspecified atom stereocenters. The Morgan fingerprint density at radius 3 is 2.83 bits per heavy atom. The lowest BCUT2D eigenvalue weighted by Crippen LogP contribution is -2.33. The number of hydrogen-bond acceptors (Lipinski definition) is 2. The molecular weight excluding hydrogens is 224 g/mol. The van der Waals surface area contributed by atoms with Crippen molar-refractivity contribution in [2.75, 3.05) is 6.54 Å². The predicted molar refractivity (Wildman–Crippen MR) is 72.0 cm³/mol. The Bertz CT molecular complexity index is 408. The number of nitrogens with zero attached hydrogens (tertiary/aromatic N) is 2. The molecule has 0 spiro atoms. The number of amides is 1. The molecule has 2 rings (SSSR count). The zero-order chi connectivity index (χ0) is 13.2. The summed E-state index contributed by atoms with van der Waals surface area (Å²) in [7, 11) is 0. The van der Waals surface area contributed by atoms with Crippen LogP contribution in [0.2, 0.25) is 0 Å². The quantitative estimate of drug-likeness (QED) is 0.803. The van der Waals surface area contributed by atoms with Crippen LogP contribution in [0.5, 0.6) is 0 Å². The van der Waals surface area contributed by atoms with E-state index in [-0.39, 0.29) is 17.4 Å². The number of carbonyl (C=O) groups is 1. The Hall–Kier alpha value is -1.38. The van der Waals surface area contributed by atoms with E-state index >= 15 is 0 Å². The maximum atomic E-state index is 12.3. The van der Waals surface area contributed by atoms with Crippen LogP contribution < -0.4 is 0 Å². The molecule has 0 radical (unpaired) electrons. The lowest BCUT2D eigenvalue weighted by Gasteiger charge is -2.27. The Morgan fingerprint density at radius 1 is 1.44 bits per heavy atom. The fourth-order valence-electron chi connectivity index (χ4n) is 2.50. The van der Waals surface area contributed by atoms with E-state index in [2.05, 4.69) is 25.8 Å². The van der Waals surface area contributed by atoms with Crippen LogP contribution in [-0.2, 0) is 4.79 Å². The minimum Gasteiger partial charge on any atom is -0.334 e. The summed E-state index contributed by atoms with van der Waals surface area (Å²) in [6.45, 7) is 7.19. The van der Waals surface area contributed by atoms with Crippen molar-refractivity contribution in [1.29, 1.82) is 0 Å². The number of pyridine rings is 1. The number of rotatable bonds is 2. The Balaban J connectivity index is 2.11. The van der Waals surface area contributed by atoms with E-state index < -0.39 is 0 Å². The van der Waals surface area contributed by atoms with Gasteiger partial charge in [0.25, 0.3) is 0 Å². The van der Waals surface area contributed by atoms with Gasteiger partial charge in [0.05, 0.1) is 11.7 Å². The topological polar surface area (TPSA) is 33.2 Å². The lowest BCUT2D eigenvalue weighted by atomic mass is 9.91. The van der Waals surface area contributed by atoms with Crippen LogP contribution in [0, 0.1) is 5.41 Å². The van der Waals surface area contributed by atoms with Crippen molar-refractivity contribution in [2.45, 2.75) is 46.1 Å². The molecule has 1 aromatic heterocycles. The highest BCUT2D eigenvalue weighted by atomic mass is 16.2. The van der Waals surface area contributed by atoms with E-state index in [4.69, 9.17) is 0 Å². The molecular formula is C15H22N2O. The van der Waals surface area contributed by atoms with Crippen molar-refractivity contribution in [3.63, 3.8) is 0 Å². The first-order valence-corrected chi connectivity index (χ1v) is 6.68. The van der Waals surface area contributed by atoms with Crippen molar-refractivity contribution in [3.8, 4) is 0 Å². The van der Waals surface area contributed by atoms with Crippen molar-refractivity contribution in [2.24, 2.45) is 5.41 Å². The van der Waals surface area contributed by atoms with Gasteiger partial charge in [-0.25, -0.2) is 0 Å². The molecule has 98 valence electrons. The van der Waals surface area contributed by atoms with Crippen LogP contribution >= 0.6 is 0 Å². The van der Waals surface area contributed by atoms with Gasteiger partial charge in [-0.2, -0.15) is 0 Å². The highest BCUT2D eigenvalue weighted by Gasteiger charge is 2.32. The summed E-state index contributed by atoms with van der Waals surface area (Å²) in [6.07, 6.45) is 4.53. The van der Waals surface area contributed by atoms with Crippen LogP contribution in [-0.4, -0.2) is 22.3 Å². The van der Waals surface area contributed by atoms with Gasteiger partial charge in [0, 0.05) is 19.2 Å². The molecule has 0 aromatic carbocycles. The van der Waals surface area contributed by atoms with Crippen molar-refractivity contribution >= 4 is 5.91 Å². The van der Waals surface area contributed by atoms with Crippen molar-refractivity contribution in [1.82, 2.24) is 9.88 Å². The maximum absolute atomic E-state index is 12.3. The van der Waals surface area contributed by atoms with Gasteiger partial charge in [0.15, 0.2) is 0 Å². The zero-order valence-corrected chi connectivity index (χ0v) is 11.5. The molecule has 0 N–H and O–H groups in total. The largest absolute Gasteiger partial charge is 0.334 e. The minimum absolute atomic E-state index is 0.0499. The summed E-state index contributed by atoms with van der Waals surface area (Å²) < 4.78 is 0. The molecule has 2 heterocycles. The zero-order valence-electron chi connectivity index (χ0n) is 11.5. The number of likely N-dealkylation sites (tertiary alicyclic amines) is 1. The fraction of sp³-hybridized carbons (Fsp3) is 0.600.